The van der Waals surface area contributed by atoms with Gasteiger partial charge in [0, 0.05) is 11.8 Å². The van der Waals surface area contributed by atoms with E-state index < -0.39 is 12.0 Å². The maximum Gasteiger partial charge on any atom is 0.321 e. The molecule has 4 nitrogen and oxygen atoms in total. The van der Waals surface area contributed by atoms with Crippen LogP contribution in [-0.4, -0.2) is 29.1 Å². The molecule has 1 aromatic rings. The van der Waals surface area contributed by atoms with Crippen molar-refractivity contribution in [1.82, 2.24) is 10.3 Å². The van der Waals surface area contributed by atoms with Gasteiger partial charge in [0.15, 0.2) is 0 Å². The Balaban J connectivity index is 2.54. The Morgan fingerprint density at radius 2 is 2.67 bits per heavy atom. The number of nitrogens with zero attached hydrogens (tertiary/aromatic N) is 1. The second-order valence-electron chi connectivity index (χ2n) is 2.36. The van der Waals surface area contributed by atoms with E-state index in [2.05, 4.69) is 10.3 Å². The van der Waals surface area contributed by atoms with E-state index >= 15 is 0 Å². The summed E-state index contributed by atoms with van der Waals surface area (Å²) >= 11 is 1.47. The third kappa shape index (κ3) is 2.28. The molecular formula is C7H10N2O2S. The number of likely N-dealkylation sites (N-methyl/N-ethyl adjacent to an activating group) is 1. The van der Waals surface area contributed by atoms with Crippen LogP contribution in [0.2, 0.25) is 0 Å². The van der Waals surface area contributed by atoms with E-state index in [0.717, 1.165) is 5.69 Å². The molecular weight excluding hydrogens is 176 g/mol. The smallest absolute Gasteiger partial charge is 0.321 e. The van der Waals surface area contributed by atoms with Crippen LogP contribution in [0.5, 0.6) is 0 Å². The second kappa shape index (κ2) is 4.18. The quantitative estimate of drug-likeness (QED) is 0.712. The molecule has 1 atom stereocenters. The third-order valence-corrected chi connectivity index (χ3v) is 2.18. The third-order valence-electron chi connectivity index (χ3n) is 1.54. The lowest BCUT2D eigenvalue weighted by atomic mass is 10.2. The minimum atomic E-state index is -0.842. The van der Waals surface area contributed by atoms with Gasteiger partial charge in [-0.05, 0) is 7.05 Å². The van der Waals surface area contributed by atoms with Gasteiger partial charge in [0.1, 0.15) is 6.04 Å². The fraction of sp³-hybridized carbons (Fsp3) is 0.429. The van der Waals surface area contributed by atoms with Crippen molar-refractivity contribution in [2.24, 2.45) is 0 Å². The summed E-state index contributed by atoms with van der Waals surface area (Å²) in [6, 6.07) is -0.535. The van der Waals surface area contributed by atoms with Gasteiger partial charge in [-0.1, -0.05) is 0 Å². The van der Waals surface area contributed by atoms with Gasteiger partial charge < -0.3 is 10.4 Å². The lowest BCUT2D eigenvalue weighted by Gasteiger charge is -2.07. The van der Waals surface area contributed by atoms with Gasteiger partial charge in [0.2, 0.25) is 0 Å². The van der Waals surface area contributed by atoms with Gasteiger partial charge in [-0.2, -0.15) is 0 Å². The normalized spacial score (nSPS) is 12.8. The molecule has 0 saturated carbocycles. The maximum absolute atomic E-state index is 10.6. The number of aliphatic carboxylic acids is 1. The molecule has 0 aliphatic heterocycles. The predicted octanol–water partition coefficient (Wildman–Crippen LogP) is 0.358. The average Bonchev–Trinajstić information content (AvgIpc) is 2.51. The molecule has 1 heterocycles. The standard InChI is InChI=1S/C7H10N2O2S/c1-8-6(7(10)11)2-5-3-12-4-9-5/h3-4,6,8H,2H2,1H3,(H,10,11)/t6-/m1/s1. The Hall–Kier alpha value is -0.940. The molecule has 0 aliphatic rings. The fourth-order valence-electron chi connectivity index (χ4n) is 0.860. The van der Waals surface area contributed by atoms with Crippen molar-refractivity contribution in [3.8, 4) is 0 Å². The summed E-state index contributed by atoms with van der Waals surface area (Å²) in [7, 11) is 1.63. The minimum Gasteiger partial charge on any atom is -0.480 e. The summed E-state index contributed by atoms with van der Waals surface area (Å²) in [5.74, 6) is -0.842. The van der Waals surface area contributed by atoms with Gasteiger partial charge in [-0.3, -0.25) is 4.79 Å². The van der Waals surface area contributed by atoms with Gasteiger partial charge in [-0.25, -0.2) is 4.98 Å². The second-order valence-corrected chi connectivity index (χ2v) is 3.08. The maximum atomic E-state index is 10.6. The number of carboxylic acid groups (broad SMARTS) is 1. The van der Waals surface area contributed by atoms with Crippen LogP contribution in [0.15, 0.2) is 10.9 Å². The highest BCUT2D eigenvalue weighted by atomic mass is 32.1. The Labute approximate surface area is 74.3 Å². The highest BCUT2D eigenvalue weighted by molar-refractivity contribution is 7.07. The number of hydrogen-bond acceptors (Lipinski definition) is 4. The average molecular weight is 186 g/mol. The number of nitrogens with one attached hydrogen (secondary N) is 1. The van der Waals surface area contributed by atoms with Crippen LogP contribution in [0.4, 0.5) is 0 Å². The molecule has 0 aromatic carbocycles. The van der Waals surface area contributed by atoms with Crippen LogP contribution < -0.4 is 5.32 Å². The Morgan fingerprint density at radius 1 is 1.92 bits per heavy atom. The zero-order valence-electron chi connectivity index (χ0n) is 6.65. The van der Waals surface area contributed by atoms with Crippen molar-refractivity contribution < 1.29 is 9.90 Å². The molecule has 66 valence electrons. The lowest BCUT2D eigenvalue weighted by molar-refractivity contribution is -0.139. The summed E-state index contributed by atoms with van der Waals surface area (Å²) in [4.78, 5) is 14.6. The van der Waals surface area contributed by atoms with Crippen molar-refractivity contribution in [1.29, 1.82) is 0 Å². The molecule has 0 fully saturated rings. The zero-order valence-corrected chi connectivity index (χ0v) is 7.47. The Bertz CT molecular complexity index is 248. The van der Waals surface area contributed by atoms with E-state index in [9.17, 15) is 4.79 Å². The van der Waals surface area contributed by atoms with Gasteiger partial charge in [0.25, 0.3) is 0 Å². The van der Waals surface area contributed by atoms with Crippen molar-refractivity contribution in [2.75, 3.05) is 7.05 Å². The first-order valence-corrected chi connectivity index (χ1v) is 4.45. The highest BCUT2D eigenvalue weighted by Gasteiger charge is 2.15. The van der Waals surface area contributed by atoms with Gasteiger partial charge >= 0.3 is 5.97 Å². The fourth-order valence-corrected chi connectivity index (χ4v) is 1.43. The molecule has 0 aliphatic carbocycles. The first-order chi connectivity index (χ1) is 5.74. The number of aromatic nitrogens is 1. The highest BCUT2D eigenvalue weighted by Crippen LogP contribution is 2.04. The first kappa shape index (κ1) is 9.15. The van der Waals surface area contributed by atoms with Crippen LogP contribution in [0, 0.1) is 0 Å². The van der Waals surface area contributed by atoms with E-state index in [1.54, 1.807) is 12.6 Å². The molecule has 0 amide bonds. The molecule has 0 saturated heterocycles. The summed E-state index contributed by atoms with van der Waals surface area (Å²) < 4.78 is 0. The number of carbonyl (C=O) groups is 1. The number of thiazole rings is 1. The van der Waals surface area contributed by atoms with Crippen LogP contribution in [0.3, 0.4) is 0 Å². The lowest BCUT2D eigenvalue weighted by Crippen LogP contribution is -2.35. The van der Waals surface area contributed by atoms with Gasteiger partial charge in [-0.15, -0.1) is 11.3 Å². The Kier molecular flexibility index (Phi) is 3.19. The van der Waals surface area contributed by atoms with Gasteiger partial charge in [0.05, 0.1) is 11.2 Å². The van der Waals surface area contributed by atoms with Crippen molar-refractivity contribution in [3.05, 3.63) is 16.6 Å². The SMILES string of the molecule is CN[C@H](Cc1cscn1)C(=O)O. The molecule has 12 heavy (non-hydrogen) atoms. The summed E-state index contributed by atoms with van der Waals surface area (Å²) in [5.41, 5.74) is 2.52. The van der Waals surface area contributed by atoms with Crippen LogP contribution in [-0.2, 0) is 11.2 Å². The predicted molar refractivity (Wildman–Crippen MR) is 46.3 cm³/mol. The summed E-state index contributed by atoms with van der Waals surface area (Å²) in [5, 5.41) is 13.2. The van der Waals surface area contributed by atoms with Crippen LogP contribution in [0.1, 0.15) is 5.69 Å². The monoisotopic (exact) mass is 186 g/mol. The topological polar surface area (TPSA) is 62.2 Å². The number of hydrogen-bond donors (Lipinski definition) is 2. The van der Waals surface area contributed by atoms with E-state index in [-0.39, 0.29) is 0 Å². The van der Waals surface area contributed by atoms with E-state index in [4.69, 9.17) is 5.11 Å². The van der Waals surface area contributed by atoms with Crippen LogP contribution in [0.25, 0.3) is 0 Å². The largest absolute Gasteiger partial charge is 0.480 e. The molecule has 0 spiro atoms. The van der Waals surface area contributed by atoms with Crippen molar-refractivity contribution in [2.45, 2.75) is 12.5 Å². The molecule has 1 rings (SSSR count). The zero-order chi connectivity index (χ0) is 8.97. The molecule has 2 N–H and O–H groups in total. The minimum absolute atomic E-state index is 0.440. The molecule has 5 heteroatoms. The Morgan fingerprint density at radius 3 is 3.08 bits per heavy atom. The van der Waals surface area contributed by atoms with Crippen molar-refractivity contribution in [3.63, 3.8) is 0 Å². The molecule has 0 radical (unpaired) electrons. The molecule has 0 bridgehead atoms. The van der Waals surface area contributed by atoms with Crippen molar-refractivity contribution >= 4 is 17.3 Å². The van der Waals surface area contributed by atoms with Crippen LogP contribution >= 0.6 is 11.3 Å². The number of carboxylic acids is 1. The van der Waals surface area contributed by atoms with E-state index in [0.29, 0.717) is 6.42 Å². The molecule has 1 aromatic heterocycles. The number of rotatable bonds is 4. The summed E-state index contributed by atoms with van der Waals surface area (Å²) in [6.07, 6.45) is 0.440. The van der Waals surface area contributed by atoms with E-state index in [1.165, 1.54) is 11.3 Å². The summed E-state index contributed by atoms with van der Waals surface area (Å²) in [6.45, 7) is 0. The molecule has 0 unspecified atom stereocenters. The first-order valence-electron chi connectivity index (χ1n) is 3.51. The van der Waals surface area contributed by atoms with E-state index in [1.807, 2.05) is 5.38 Å².